The Kier molecular flexibility index (Phi) is 8.17. The molecule has 4 aromatic carbocycles. The van der Waals surface area contributed by atoms with E-state index in [1.54, 1.807) is 24.2 Å². The zero-order valence-electron chi connectivity index (χ0n) is 20.3. The lowest BCUT2D eigenvalue weighted by Crippen LogP contribution is -2.28. The molecule has 0 N–H and O–H groups in total. The number of hydrogen-bond acceptors (Lipinski definition) is 5. The molecule has 0 aliphatic carbocycles. The van der Waals surface area contributed by atoms with Gasteiger partial charge in [0.1, 0.15) is 6.61 Å². The quantitative estimate of drug-likeness (QED) is 0.198. The Morgan fingerprint density at radius 3 is 2.34 bits per heavy atom. The number of benzene rings is 4. The summed E-state index contributed by atoms with van der Waals surface area (Å²) in [6.07, 6.45) is 1.79. The van der Waals surface area contributed by atoms with Crippen LogP contribution in [0.5, 0.6) is 11.5 Å². The Bertz CT molecular complexity index is 1510. The smallest absolute Gasteiger partial charge is 0.271 e. The third-order valence-corrected chi connectivity index (χ3v) is 7.43. The van der Waals surface area contributed by atoms with Crippen molar-refractivity contribution < 1.29 is 14.3 Å². The van der Waals surface area contributed by atoms with E-state index in [9.17, 15) is 4.79 Å². The highest BCUT2D eigenvalue weighted by atomic mass is 79.9. The van der Waals surface area contributed by atoms with Crippen LogP contribution in [-0.2, 0) is 11.4 Å². The molecule has 0 unspecified atom stereocenters. The molecule has 0 saturated carbocycles. The maximum absolute atomic E-state index is 13.6. The minimum atomic E-state index is -0.165. The van der Waals surface area contributed by atoms with E-state index < -0.39 is 0 Å². The average molecular weight is 606 g/mol. The highest BCUT2D eigenvalue weighted by Gasteiger charge is 2.34. The van der Waals surface area contributed by atoms with Crippen molar-refractivity contribution in [1.29, 1.82) is 0 Å². The van der Waals surface area contributed by atoms with Gasteiger partial charge in [-0.15, -0.1) is 0 Å². The molecule has 0 spiro atoms. The van der Waals surface area contributed by atoms with Crippen LogP contribution in [0.3, 0.4) is 0 Å². The number of anilines is 1. The van der Waals surface area contributed by atoms with Crippen LogP contribution in [0.2, 0.25) is 5.02 Å². The van der Waals surface area contributed by atoms with Crippen LogP contribution < -0.4 is 14.4 Å². The molecule has 1 aliphatic rings. The largest absolute Gasteiger partial charge is 0.493 e. The number of ether oxygens (including phenoxy) is 2. The number of halogens is 2. The third kappa shape index (κ3) is 5.96. The number of amidine groups is 1. The highest BCUT2D eigenvalue weighted by molar-refractivity contribution is 9.10. The van der Waals surface area contributed by atoms with Gasteiger partial charge in [0.05, 0.1) is 28.4 Å². The second-order valence-electron chi connectivity index (χ2n) is 8.27. The van der Waals surface area contributed by atoms with Crippen LogP contribution >= 0.6 is 39.3 Å². The number of methoxy groups -OCH3 is 1. The van der Waals surface area contributed by atoms with Crippen LogP contribution in [-0.4, -0.2) is 18.2 Å². The van der Waals surface area contributed by atoms with E-state index in [2.05, 4.69) is 15.9 Å². The van der Waals surface area contributed by atoms with Crippen molar-refractivity contribution in [2.45, 2.75) is 6.61 Å². The maximum Gasteiger partial charge on any atom is 0.271 e. The van der Waals surface area contributed by atoms with Crippen molar-refractivity contribution in [3.05, 3.63) is 123 Å². The lowest BCUT2D eigenvalue weighted by atomic mass is 10.1. The number of amides is 1. The van der Waals surface area contributed by atoms with Gasteiger partial charge in [-0.25, -0.2) is 4.99 Å². The Hall–Kier alpha value is -3.52. The zero-order valence-corrected chi connectivity index (χ0v) is 23.5. The van der Waals surface area contributed by atoms with Crippen molar-refractivity contribution in [3.63, 3.8) is 0 Å². The van der Waals surface area contributed by atoms with Crippen LogP contribution in [0, 0.1) is 0 Å². The van der Waals surface area contributed by atoms with Crippen molar-refractivity contribution in [1.82, 2.24) is 0 Å². The fourth-order valence-corrected chi connectivity index (χ4v) is 5.36. The molecule has 1 amide bonds. The van der Waals surface area contributed by atoms with Gasteiger partial charge in [-0.2, -0.15) is 0 Å². The van der Waals surface area contributed by atoms with Crippen LogP contribution in [0.25, 0.3) is 6.08 Å². The fraction of sp³-hybridized carbons (Fsp3) is 0.0667. The van der Waals surface area contributed by atoms with Gasteiger partial charge >= 0.3 is 0 Å². The lowest BCUT2D eigenvalue weighted by molar-refractivity contribution is -0.113. The number of hydrogen-bond donors (Lipinski definition) is 0. The van der Waals surface area contributed by atoms with Crippen molar-refractivity contribution >= 4 is 67.8 Å². The van der Waals surface area contributed by atoms with Gasteiger partial charge in [-0.1, -0.05) is 76.1 Å². The minimum Gasteiger partial charge on any atom is -0.493 e. The number of thioether (sulfide) groups is 1. The Labute approximate surface area is 238 Å². The minimum absolute atomic E-state index is 0.165. The highest BCUT2D eigenvalue weighted by Crippen LogP contribution is 2.41. The molecule has 1 saturated heterocycles. The molecule has 8 heteroatoms. The summed E-state index contributed by atoms with van der Waals surface area (Å²) in [5.41, 5.74) is 3.22. The summed E-state index contributed by atoms with van der Waals surface area (Å²) < 4.78 is 12.6. The first-order chi connectivity index (χ1) is 18.5. The van der Waals surface area contributed by atoms with E-state index in [1.807, 2.05) is 91.0 Å². The number of carbonyl (C=O) groups excluding carboxylic acids is 1. The van der Waals surface area contributed by atoms with Crippen LogP contribution in [0.4, 0.5) is 11.4 Å². The second-order valence-corrected chi connectivity index (χ2v) is 10.6. The number of nitrogens with zero attached hydrogens (tertiary/aromatic N) is 2. The SMILES string of the molecule is COc1cc(/C=C2/SC(=Nc3ccccc3)N(c3ccccc3)C2=O)cc(Cl)c1OCc1ccc(Br)cc1. The summed E-state index contributed by atoms with van der Waals surface area (Å²) in [5.74, 6) is 0.762. The molecular formula is C30H22BrClN2O3S. The molecule has 5 rings (SSSR count). The molecular weight excluding hydrogens is 584 g/mol. The molecule has 0 aromatic heterocycles. The van der Waals surface area contributed by atoms with E-state index in [4.69, 9.17) is 26.1 Å². The first kappa shape index (κ1) is 26.1. The molecule has 0 radical (unpaired) electrons. The van der Waals surface area contributed by atoms with Crippen LogP contribution in [0.15, 0.2) is 111 Å². The third-order valence-electron chi connectivity index (χ3n) is 5.65. The van der Waals surface area contributed by atoms with Gasteiger partial charge in [0.15, 0.2) is 16.7 Å². The molecule has 1 fully saturated rings. The Morgan fingerprint density at radius 2 is 1.66 bits per heavy atom. The molecule has 1 heterocycles. The summed E-state index contributed by atoms with van der Waals surface area (Å²) in [5, 5.41) is 0.966. The van der Waals surface area contributed by atoms with Gasteiger partial charge in [0, 0.05) is 4.47 Å². The predicted octanol–water partition coefficient (Wildman–Crippen LogP) is 8.50. The van der Waals surface area contributed by atoms with Crippen molar-refractivity contribution in [2.24, 2.45) is 4.99 Å². The van der Waals surface area contributed by atoms with Crippen LogP contribution in [0.1, 0.15) is 11.1 Å². The topological polar surface area (TPSA) is 51.1 Å². The lowest BCUT2D eigenvalue weighted by Gasteiger charge is -2.15. The molecule has 190 valence electrons. The van der Waals surface area contributed by atoms with Gasteiger partial charge in [-0.3, -0.25) is 9.69 Å². The Morgan fingerprint density at radius 1 is 0.974 bits per heavy atom. The number of para-hydroxylation sites is 2. The van der Waals surface area contributed by atoms with E-state index in [0.29, 0.717) is 38.8 Å². The molecule has 5 nitrogen and oxygen atoms in total. The molecule has 1 aliphatic heterocycles. The first-order valence-corrected chi connectivity index (χ1v) is 13.7. The summed E-state index contributed by atoms with van der Waals surface area (Å²) in [4.78, 5) is 20.5. The summed E-state index contributed by atoms with van der Waals surface area (Å²) >= 11 is 11.4. The standard InChI is InChI=1S/C30H22BrClN2O3S/c1-36-26-17-21(16-25(32)28(26)37-19-20-12-14-22(31)15-13-20)18-27-29(35)34(24-10-6-3-7-11-24)30(38-27)33-23-8-4-2-5-9-23/h2-18H,19H2,1H3/b27-18+,33-30?. The summed E-state index contributed by atoms with van der Waals surface area (Å²) in [6.45, 7) is 0.337. The zero-order chi connectivity index (χ0) is 26.5. The fourth-order valence-electron chi connectivity index (χ4n) is 3.82. The van der Waals surface area contributed by atoms with Gasteiger partial charge < -0.3 is 9.47 Å². The number of carbonyl (C=O) groups is 1. The molecule has 0 bridgehead atoms. The van der Waals surface area contributed by atoms with Gasteiger partial charge in [0.2, 0.25) is 0 Å². The van der Waals surface area contributed by atoms with Gasteiger partial charge in [-0.05, 0) is 77.5 Å². The van der Waals surface area contributed by atoms with Crippen molar-refractivity contribution in [3.8, 4) is 11.5 Å². The van der Waals surface area contributed by atoms with Crippen molar-refractivity contribution in [2.75, 3.05) is 12.0 Å². The van der Waals surface area contributed by atoms with E-state index in [1.165, 1.54) is 11.8 Å². The number of aliphatic imine (C=N–C) groups is 1. The van der Waals surface area contributed by atoms with E-state index >= 15 is 0 Å². The predicted molar refractivity (Wildman–Crippen MR) is 160 cm³/mol. The average Bonchev–Trinajstić information content (AvgIpc) is 3.23. The maximum atomic E-state index is 13.6. The van der Waals surface area contributed by atoms with E-state index in [-0.39, 0.29) is 5.91 Å². The summed E-state index contributed by atoms with van der Waals surface area (Å²) in [7, 11) is 1.56. The Balaban J connectivity index is 1.45. The molecule has 4 aromatic rings. The second kappa shape index (κ2) is 11.9. The van der Waals surface area contributed by atoms with E-state index in [0.717, 1.165) is 21.4 Å². The van der Waals surface area contributed by atoms with Gasteiger partial charge in [0.25, 0.3) is 5.91 Å². The molecule has 0 atom stereocenters. The summed E-state index contributed by atoms with van der Waals surface area (Å²) in [6, 6.07) is 30.5. The first-order valence-electron chi connectivity index (χ1n) is 11.7. The number of rotatable bonds is 7. The monoisotopic (exact) mass is 604 g/mol. The normalized spacial score (nSPS) is 15.3. The molecule has 38 heavy (non-hydrogen) atoms.